The summed E-state index contributed by atoms with van der Waals surface area (Å²) in [5, 5.41) is 7.49. The lowest BCUT2D eigenvalue weighted by atomic mass is 10.1. The molecule has 1 aromatic rings. The van der Waals surface area contributed by atoms with Gasteiger partial charge in [-0.25, -0.2) is 4.68 Å². The molecule has 0 spiro atoms. The van der Waals surface area contributed by atoms with E-state index in [1.165, 1.54) is 4.68 Å². The summed E-state index contributed by atoms with van der Waals surface area (Å²) in [5.74, 6) is 0.388. The first kappa shape index (κ1) is 16.2. The van der Waals surface area contributed by atoms with E-state index < -0.39 is 0 Å². The van der Waals surface area contributed by atoms with Gasteiger partial charge >= 0.3 is 0 Å². The number of hydrogen-bond acceptors (Lipinski definition) is 4. The third-order valence-corrected chi connectivity index (χ3v) is 3.69. The van der Waals surface area contributed by atoms with Gasteiger partial charge in [0.1, 0.15) is 4.47 Å². The summed E-state index contributed by atoms with van der Waals surface area (Å²) in [4.78, 5) is 12.1. The van der Waals surface area contributed by atoms with Gasteiger partial charge < -0.3 is 10.1 Å². The van der Waals surface area contributed by atoms with Crippen LogP contribution in [0.4, 0.5) is 5.69 Å². The van der Waals surface area contributed by atoms with Gasteiger partial charge in [0.25, 0.3) is 5.56 Å². The average Bonchev–Trinajstić information content (AvgIpc) is 2.33. The summed E-state index contributed by atoms with van der Waals surface area (Å²) < 4.78 is 7.15. The lowest BCUT2D eigenvalue weighted by Gasteiger charge is -2.23. The Kier molecular flexibility index (Phi) is 6.00. The van der Waals surface area contributed by atoms with Gasteiger partial charge in [-0.3, -0.25) is 4.79 Å². The first-order valence-corrected chi connectivity index (χ1v) is 7.20. The lowest BCUT2D eigenvalue weighted by molar-refractivity contribution is 0.171. The zero-order chi connectivity index (χ0) is 14.6. The van der Waals surface area contributed by atoms with Crippen LogP contribution in [-0.4, -0.2) is 29.5 Å². The van der Waals surface area contributed by atoms with E-state index in [4.69, 9.17) is 4.74 Å². The molecule has 0 fully saturated rings. The van der Waals surface area contributed by atoms with Crippen molar-refractivity contribution >= 4 is 21.6 Å². The predicted octanol–water partition coefficient (Wildman–Crippen LogP) is 2.67. The van der Waals surface area contributed by atoms with Crippen LogP contribution in [0.15, 0.2) is 15.5 Å². The molecule has 6 heteroatoms. The highest BCUT2D eigenvalue weighted by Crippen LogP contribution is 2.20. The quantitative estimate of drug-likeness (QED) is 0.870. The highest BCUT2D eigenvalue weighted by molar-refractivity contribution is 9.10. The molecule has 108 valence electrons. The second kappa shape index (κ2) is 7.05. The molecule has 1 N–H and O–H groups in total. The largest absolute Gasteiger partial charge is 0.383 e. The van der Waals surface area contributed by atoms with E-state index >= 15 is 0 Å². The minimum atomic E-state index is -0.125. The fourth-order valence-electron chi connectivity index (χ4n) is 1.69. The van der Waals surface area contributed by atoms with Crippen molar-refractivity contribution in [3.8, 4) is 0 Å². The minimum Gasteiger partial charge on any atom is -0.383 e. The third-order valence-electron chi connectivity index (χ3n) is 2.92. The van der Waals surface area contributed by atoms with E-state index in [2.05, 4.69) is 40.2 Å². The molecule has 5 nitrogen and oxygen atoms in total. The lowest BCUT2D eigenvalue weighted by Crippen LogP contribution is -2.33. The molecule has 0 aliphatic heterocycles. The molecule has 0 aliphatic carbocycles. The highest BCUT2D eigenvalue weighted by Gasteiger charge is 2.17. The number of rotatable bonds is 6. The second-order valence-electron chi connectivity index (χ2n) is 5.17. The summed E-state index contributed by atoms with van der Waals surface area (Å²) in [7, 11) is 1.67. The fourth-order valence-corrected chi connectivity index (χ4v) is 2.09. The Morgan fingerprint density at radius 2 is 2.05 bits per heavy atom. The van der Waals surface area contributed by atoms with Gasteiger partial charge in [0.05, 0.1) is 30.6 Å². The van der Waals surface area contributed by atoms with Crippen molar-refractivity contribution in [1.82, 2.24) is 9.78 Å². The van der Waals surface area contributed by atoms with Gasteiger partial charge in [-0.05, 0) is 35.7 Å². The second-order valence-corrected chi connectivity index (χ2v) is 5.96. The number of anilines is 1. The number of nitrogens with one attached hydrogen (secondary N) is 1. The monoisotopic (exact) mass is 331 g/mol. The van der Waals surface area contributed by atoms with E-state index in [1.54, 1.807) is 13.3 Å². The molecule has 0 amide bonds. The van der Waals surface area contributed by atoms with Gasteiger partial charge in [-0.1, -0.05) is 13.8 Å². The molecule has 1 atom stereocenters. The molecule has 1 rings (SSSR count). The van der Waals surface area contributed by atoms with Crippen LogP contribution in [0.3, 0.4) is 0 Å². The number of ether oxygens (including phenoxy) is 1. The predicted molar refractivity (Wildman–Crippen MR) is 80.7 cm³/mol. The summed E-state index contributed by atoms with van der Waals surface area (Å²) in [6.07, 6.45) is 1.68. The Labute approximate surface area is 122 Å². The number of methoxy groups -OCH3 is 1. The Hall–Kier alpha value is -0.880. The topological polar surface area (TPSA) is 56.1 Å². The van der Waals surface area contributed by atoms with Crippen LogP contribution < -0.4 is 10.9 Å². The summed E-state index contributed by atoms with van der Waals surface area (Å²) in [6.45, 7) is 8.64. The Bertz CT molecular complexity index is 471. The molecule has 0 saturated heterocycles. The van der Waals surface area contributed by atoms with Crippen molar-refractivity contribution in [2.75, 3.05) is 19.0 Å². The fraction of sp³-hybridized carbons (Fsp3) is 0.692. The van der Waals surface area contributed by atoms with Crippen molar-refractivity contribution in [3.05, 3.63) is 21.0 Å². The molecule has 1 unspecified atom stereocenters. The van der Waals surface area contributed by atoms with E-state index in [9.17, 15) is 4.79 Å². The van der Waals surface area contributed by atoms with E-state index in [0.29, 0.717) is 22.7 Å². The molecule has 1 aromatic heterocycles. The van der Waals surface area contributed by atoms with Crippen LogP contribution >= 0.6 is 15.9 Å². The number of halogens is 1. The molecule has 1 heterocycles. The van der Waals surface area contributed by atoms with Crippen LogP contribution in [0.5, 0.6) is 0 Å². The first-order chi connectivity index (χ1) is 8.88. The molecule has 0 aromatic carbocycles. The SMILES string of the molecule is COCC(Nc1cnn(C(C)C)c(=O)c1Br)C(C)C. The first-order valence-electron chi connectivity index (χ1n) is 6.41. The Balaban J connectivity index is 3.02. The molecule has 19 heavy (non-hydrogen) atoms. The van der Waals surface area contributed by atoms with Crippen molar-refractivity contribution in [1.29, 1.82) is 0 Å². The Morgan fingerprint density at radius 1 is 1.42 bits per heavy atom. The zero-order valence-electron chi connectivity index (χ0n) is 12.1. The number of hydrogen-bond donors (Lipinski definition) is 1. The van der Waals surface area contributed by atoms with Crippen molar-refractivity contribution < 1.29 is 4.74 Å². The number of aromatic nitrogens is 2. The smallest absolute Gasteiger partial charge is 0.283 e. The standard InChI is InChI=1S/C13H22BrN3O2/c1-8(2)11(7-19-5)16-10-6-15-17(9(3)4)13(18)12(10)14/h6,8-9,11,16H,7H2,1-5H3. The molecule has 0 bridgehead atoms. The van der Waals surface area contributed by atoms with Gasteiger partial charge in [-0.15, -0.1) is 0 Å². The maximum atomic E-state index is 12.1. The zero-order valence-corrected chi connectivity index (χ0v) is 13.7. The summed E-state index contributed by atoms with van der Waals surface area (Å²) >= 11 is 3.35. The van der Waals surface area contributed by atoms with Gasteiger partial charge in [-0.2, -0.15) is 5.10 Å². The van der Waals surface area contributed by atoms with Crippen LogP contribution in [0.25, 0.3) is 0 Å². The summed E-state index contributed by atoms with van der Waals surface area (Å²) in [5.41, 5.74) is 0.581. The normalized spacial score (nSPS) is 13.1. The number of nitrogens with zero attached hydrogens (tertiary/aromatic N) is 2. The maximum Gasteiger partial charge on any atom is 0.283 e. The van der Waals surface area contributed by atoms with E-state index in [-0.39, 0.29) is 17.6 Å². The minimum absolute atomic E-state index is 0.0396. The van der Waals surface area contributed by atoms with Crippen LogP contribution in [0.1, 0.15) is 33.7 Å². The van der Waals surface area contributed by atoms with Gasteiger partial charge in [0.2, 0.25) is 0 Å². The van der Waals surface area contributed by atoms with Crippen LogP contribution in [-0.2, 0) is 4.74 Å². The van der Waals surface area contributed by atoms with Crippen LogP contribution in [0, 0.1) is 5.92 Å². The molecular formula is C13H22BrN3O2. The highest BCUT2D eigenvalue weighted by atomic mass is 79.9. The summed E-state index contributed by atoms with van der Waals surface area (Å²) in [6, 6.07) is 0.176. The van der Waals surface area contributed by atoms with E-state index in [1.807, 2.05) is 13.8 Å². The Morgan fingerprint density at radius 3 is 2.53 bits per heavy atom. The third kappa shape index (κ3) is 4.04. The maximum absolute atomic E-state index is 12.1. The molecule has 0 saturated carbocycles. The van der Waals surface area contributed by atoms with E-state index in [0.717, 1.165) is 0 Å². The van der Waals surface area contributed by atoms with Crippen LogP contribution in [0.2, 0.25) is 0 Å². The van der Waals surface area contributed by atoms with Gasteiger partial charge in [0, 0.05) is 7.11 Å². The van der Waals surface area contributed by atoms with Crippen molar-refractivity contribution in [2.24, 2.45) is 5.92 Å². The van der Waals surface area contributed by atoms with Gasteiger partial charge in [0.15, 0.2) is 0 Å². The van der Waals surface area contributed by atoms with Crippen molar-refractivity contribution in [3.63, 3.8) is 0 Å². The molecule has 0 aliphatic rings. The average molecular weight is 332 g/mol. The molecule has 0 radical (unpaired) electrons. The molecular weight excluding hydrogens is 310 g/mol. The van der Waals surface area contributed by atoms with Crippen molar-refractivity contribution in [2.45, 2.75) is 39.8 Å².